The molecule has 2 nitrogen and oxygen atoms in total. The Kier molecular flexibility index (Phi) is 6.85. The fourth-order valence-corrected chi connectivity index (χ4v) is 0.654. The van der Waals surface area contributed by atoms with Crippen LogP contribution >= 0.6 is 0 Å². The average Bonchev–Trinajstić information content (AvgIpc) is 1.81. The maximum absolute atomic E-state index is 9.77. The van der Waals surface area contributed by atoms with Crippen LogP contribution in [0.5, 0.6) is 0 Å². The van der Waals surface area contributed by atoms with Gasteiger partial charge in [0.05, 0.1) is 6.54 Å². The van der Waals surface area contributed by atoms with Crippen molar-refractivity contribution < 1.29 is 5.48 Å². The molecule has 0 saturated carbocycles. The normalized spacial score (nSPS) is 9.75. The van der Waals surface area contributed by atoms with Gasteiger partial charge in [-0.15, -0.1) is 0 Å². The van der Waals surface area contributed by atoms with Gasteiger partial charge in [0, 0.05) is 0 Å². The van der Waals surface area contributed by atoms with E-state index in [0.29, 0.717) is 0 Å². The van der Waals surface area contributed by atoms with Crippen LogP contribution in [-0.4, -0.2) is 6.54 Å². The molecular weight excluding hydrogens is 102 g/mol. The second kappa shape index (κ2) is 6.92. The van der Waals surface area contributed by atoms with Gasteiger partial charge in [-0.1, -0.05) is 19.8 Å². The molecule has 0 saturated heterocycles. The number of hydrogen-bond acceptors (Lipinski definition) is 1. The molecule has 2 heteroatoms. The molecule has 0 aliphatic rings. The molecule has 0 aromatic heterocycles. The minimum atomic E-state index is 0.750. The Bertz CT molecular complexity index is 33.5. The lowest BCUT2D eigenvalue weighted by Crippen LogP contribution is -2.77. The first kappa shape index (κ1) is 7.92. The van der Waals surface area contributed by atoms with Gasteiger partial charge in [0.25, 0.3) is 0 Å². The molecule has 0 radical (unpaired) electrons. The molecule has 8 heavy (non-hydrogen) atoms. The van der Waals surface area contributed by atoms with E-state index in [1.54, 1.807) is 0 Å². The van der Waals surface area contributed by atoms with E-state index in [2.05, 4.69) is 6.92 Å². The summed E-state index contributed by atoms with van der Waals surface area (Å²) in [6.45, 7) is 2.92. The molecule has 50 valence electrons. The fourth-order valence-electron chi connectivity index (χ4n) is 0.654. The largest absolute Gasteiger partial charge is 0.636 e. The van der Waals surface area contributed by atoms with Crippen molar-refractivity contribution in [3.05, 3.63) is 5.21 Å². The molecular formula is C6H15NO. The Morgan fingerprint density at radius 3 is 2.50 bits per heavy atom. The maximum atomic E-state index is 9.77. The zero-order chi connectivity index (χ0) is 6.24. The van der Waals surface area contributed by atoms with Crippen LogP contribution in [-0.2, 0) is 0 Å². The summed E-state index contributed by atoms with van der Waals surface area (Å²) >= 11 is 0. The lowest BCUT2D eigenvalue weighted by molar-refractivity contribution is -0.589. The molecule has 0 unspecified atom stereocenters. The Morgan fingerprint density at radius 1 is 1.25 bits per heavy atom. The fraction of sp³-hybridized carbons (Fsp3) is 1.00. The summed E-state index contributed by atoms with van der Waals surface area (Å²) in [7, 11) is 0. The van der Waals surface area contributed by atoms with Crippen LogP contribution in [0.3, 0.4) is 0 Å². The SMILES string of the molecule is CCCCCC[NH2+][O-]. The lowest BCUT2D eigenvalue weighted by atomic mass is 10.2. The first-order valence-corrected chi connectivity index (χ1v) is 3.35. The van der Waals surface area contributed by atoms with Gasteiger partial charge in [0.1, 0.15) is 0 Å². The van der Waals surface area contributed by atoms with Crippen molar-refractivity contribution in [1.82, 2.24) is 0 Å². The minimum Gasteiger partial charge on any atom is -0.636 e. The van der Waals surface area contributed by atoms with Crippen molar-refractivity contribution in [2.75, 3.05) is 6.54 Å². The summed E-state index contributed by atoms with van der Waals surface area (Å²) in [5.41, 5.74) is 0.996. The van der Waals surface area contributed by atoms with Crippen LogP contribution in [0.1, 0.15) is 32.6 Å². The first-order chi connectivity index (χ1) is 3.91. The third kappa shape index (κ3) is 5.92. The smallest absolute Gasteiger partial charge is 0.0752 e. The summed E-state index contributed by atoms with van der Waals surface area (Å²) < 4.78 is 0. The van der Waals surface area contributed by atoms with E-state index in [9.17, 15) is 5.21 Å². The summed E-state index contributed by atoms with van der Waals surface area (Å²) in [6, 6.07) is 0. The van der Waals surface area contributed by atoms with E-state index >= 15 is 0 Å². The number of hydrogen-bond donors (Lipinski definition) is 1. The highest BCUT2D eigenvalue weighted by Crippen LogP contribution is 1.95. The molecule has 2 N–H and O–H groups in total. The van der Waals surface area contributed by atoms with Gasteiger partial charge in [-0.05, 0) is 12.8 Å². The Morgan fingerprint density at radius 2 is 2.00 bits per heavy atom. The van der Waals surface area contributed by atoms with Gasteiger partial charge in [0.15, 0.2) is 0 Å². The van der Waals surface area contributed by atoms with E-state index in [1.165, 1.54) is 19.3 Å². The van der Waals surface area contributed by atoms with Crippen LogP contribution in [0.25, 0.3) is 0 Å². The lowest BCUT2D eigenvalue weighted by Gasteiger charge is -1.99. The molecule has 0 aliphatic heterocycles. The van der Waals surface area contributed by atoms with Gasteiger partial charge in [-0.25, -0.2) is 0 Å². The van der Waals surface area contributed by atoms with Gasteiger partial charge in [-0.2, -0.15) is 0 Å². The molecule has 0 spiro atoms. The summed E-state index contributed by atoms with van der Waals surface area (Å²) in [6.07, 6.45) is 4.82. The second-order valence-corrected chi connectivity index (χ2v) is 2.02. The number of quaternary nitrogens is 1. The Hall–Kier alpha value is -0.0800. The number of nitrogens with two attached hydrogens (primary N) is 1. The quantitative estimate of drug-likeness (QED) is 0.416. The molecule has 0 fully saturated rings. The van der Waals surface area contributed by atoms with Crippen LogP contribution in [0.2, 0.25) is 0 Å². The highest BCUT2D eigenvalue weighted by Gasteiger charge is 1.83. The highest BCUT2D eigenvalue weighted by atomic mass is 16.5. The van der Waals surface area contributed by atoms with Crippen LogP contribution in [0.4, 0.5) is 0 Å². The van der Waals surface area contributed by atoms with Gasteiger partial charge < -0.3 is 10.7 Å². The van der Waals surface area contributed by atoms with Gasteiger partial charge in [-0.3, -0.25) is 0 Å². The molecule has 0 aromatic carbocycles. The maximum Gasteiger partial charge on any atom is 0.0752 e. The molecule has 0 atom stereocenters. The van der Waals surface area contributed by atoms with Crippen molar-refractivity contribution in [3.63, 3.8) is 0 Å². The minimum absolute atomic E-state index is 0.750. The van der Waals surface area contributed by atoms with Crippen molar-refractivity contribution in [1.29, 1.82) is 0 Å². The molecule has 0 amide bonds. The van der Waals surface area contributed by atoms with Crippen molar-refractivity contribution in [3.8, 4) is 0 Å². The predicted octanol–water partition coefficient (Wildman–Crippen LogP) is 0.628. The number of rotatable bonds is 5. The van der Waals surface area contributed by atoms with Gasteiger partial charge >= 0.3 is 0 Å². The number of unbranched alkanes of at least 4 members (excludes halogenated alkanes) is 3. The third-order valence-corrected chi connectivity index (χ3v) is 1.18. The molecule has 0 aromatic rings. The number of hydroxylamine groups is 1. The molecule has 0 aliphatic carbocycles. The van der Waals surface area contributed by atoms with Crippen molar-refractivity contribution >= 4 is 0 Å². The summed E-state index contributed by atoms with van der Waals surface area (Å²) in [4.78, 5) is 0. The topological polar surface area (TPSA) is 39.7 Å². The highest BCUT2D eigenvalue weighted by molar-refractivity contribution is 4.36. The van der Waals surface area contributed by atoms with Gasteiger partial charge in [0.2, 0.25) is 0 Å². The van der Waals surface area contributed by atoms with E-state index in [1.807, 2.05) is 0 Å². The summed E-state index contributed by atoms with van der Waals surface area (Å²) in [5, 5.41) is 9.77. The first-order valence-electron chi connectivity index (χ1n) is 3.35. The Balaban J connectivity index is 2.53. The van der Waals surface area contributed by atoms with E-state index < -0.39 is 0 Å². The standard InChI is InChI=1S/C6H15NO/c1-2-3-4-5-6-7-8/h2-7H2,1H3. The van der Waals surface area contributed by atoms with E-state index in [4.69, 9.17) is 0 Å². The zero-order valence-corrected chi connectivity index (χ0v) is 5.52. The molecule has 0 bridgehead atoms. The third-order valence-electron chi connectivity index (χ3n) is 1.18. The average molecular weight is 117 g/mol. The van der Waals surface area contributed by atoms with Crippen LogP contribution < -0.4 is 5.48 Å². The molecule has 0 rings (SSSR count). The predicted molar refractivity (Wildman–Crippen MR) is 34.3 cm³/mol. The van der Waals surface area contributed by atoms with Crippen LogP contribution in [0, 0.1) is 5.21 Å². The van der Waals surface area contributed by atoms with E-state index in [0.717, 1.165) is 18.4 Å². The van der Waals surface area contributed by atoms with Crippen molar-refractivity contribution in [2.45, 2.75) is 32.6 Å². The van der Waals surface area contributed by atoms with E-state index in [-0.39, 0.29) is 0 Å². The summed E-state index contributed by atoms with van der Waals surface area (Å²) in [5.74, 6) is 0. The zero-order valence-electron chi connectivity index (χ0n) is 5.52. The van der Waals surface area contributed by atoms with Crippen molar-refractivity contribution in [2.24, 2.45) is 0 Å². The Labute approximate surface area is 50.9 Å². The molecule has 0 heterocycles. The second-order valence-electron chi connectivity index (χ2n) is 2.02. The van der Waals surface area contributed by atoms with Crippen LogP contribution in [0.15, 0.2) is 0 Å². The monoisotopic (exact) mass is 117 g/mol.